The average Bonchev–Trinajstić information content (AvgIpc) is 2.78. The third-order valence-electron chi connectivity index (χ3n) is 3.60. The lowest BCUT2D eigenvalue weighted by Crippen LogP contribution is -2.32. The Morgan fingerprint density at radius 1 is 1.36 bits per heavy atom. The second kappa shape index (κ2) is 5.75. The van der Waals surface area contributed by atoms with Gasteiger partial charge in [-0.15, -0.1) is 0 Å². The average molecular weight is 305 g/mol. The molecule has 0 fully saturated rings. The van der Waals surface area contributed by atoms with Crippen LogP contribution in [0, 0.1) is 19.3 Å². The minimum absolute atomic E-state index is 0.269. The third kappa shape index (κ3) is 3.08. The highest BCUT2D eigenvalue weighted by molar-refractivity contribution is 6.06. The molecule has 7 heteroatoms. The van der Waals surface area contributed by atoms with E-state index in [1.807, 2.05) is 0 Å². The van der Waals surface area contributed by atoms with Gasteiger partial charge < -0.3 is 14.9 Å². The van der Waals surface area contributed by atoms with Crippen molar-refractivity contribution in [2.75, 3.05) is 6.54 Å². The number of carboxylic acid groups (broad SMARTS) is 1. The molecule has 7 nitrogen and oxygen atoms in total. The van der Waals surface area contributed by atoms with Gasteiger partial charge in [0.15, 0.2) is 0 Å². The summed E-state index contributed by atoms with van der Waals surface area (Å²) < 4.78 is 5.09. The smallest absolute Gasteiger partial charge is 0.309 e. The van der Waals surface area contributed by atoms with Crippen LogP contribution < -0.4 is 5.32 Å². The molecule has 0 aliphatic rings. The molecule has 0 atom stereocenters. The second-order valence-electron chi connectivity index (χ2n) is 5.95. The summed E-state index contributed by atoms with van der Waals surface area (Å²) in [5, 5.41) is 16.2. The van der Waals surface area contributed by atoms with Crippen molar-refractivity contribution in [1.82, 2.24) is 15.5 Å². The molecule has 0 saturated heterocycles. The number of carbonyl (C=O) groups excluding carboxylic acids is 1. The Hall–Kier alpha value is -2.44. The Labute approximate surface area is 127 Å². The first kappa shape index (κ1) is 15.9. The van der Waals surface area contributed by atoms with Crippen molar-refractivity contribution in [3.05, 3.63) is 23.0 Å². The Morgan fingerprint density at radius 2 is 2.05 bits per heavy atom. The van der Waals surface area contributed by atoms with E-state index in [1.54, 1.807) is 33.8 Å². The highest BCUT2D eigenvalue weighted by Crippen LogP contribution is 2.22. The Balaban J connectivity index is 2.17. The second-order valence-corrected chi connectivity index (χ2v) is 5.95. The molecule has 2 aromatic rings. The van der Waals surface area contributed by atoms with Gasteiger partial charge in [0, 0.05) is 12.2 Å². The van der Waals surface area contributed by atoms with Crippen LogP contribution in [-0.4, -0.2) is 33.7 Å². The molecule has 0 aromatic carbocycles. The molecule has 22 heavy (non-hydrogen) atoms. The van der Waals surface area contributed by atoms with Gasteiger partial charge in [0.1, 0.15) is 0 Å². The molecule has 2 heterocycles. The van der Waals surface area contributed by atoms with Crippen molar-refractivity contribution in [1.29, 1.82) is 0 Å². The van der Waals surface area contributed by atoms with Gasteiger partial charge in [0.2, 0.25) is 0 Å². The van der Waals surface area contributed by atoms with E-state index >= 15 is 0 Å². The number of hydrogen-bond donors (Lipinski definition) is 2. The fourth-order valence-corrected chi connectivity index (χ4v) is 2.09. The highest BCUT2D eigenvalue weighted by Gasteiger charge is 2.27. The third-order valence-corrected chi connectivity index (χ3v) is 3.60. The van der Waals surface area contributed by atoms with Crippen molar-refractivity contribution in [2.45, 2.75) is 34.1 Å². The Morgan fingerprint density at radius 3 is 2.68 bits per heavy atom. The minimum atomic E-state index is -0.890. The maximum absolute atomic E-state index is 12.4. The summed E-state index contributed by atoms with van der Waals surface area (Å²) in [6.07, 6.45) is 0.337. The first-order chi connectivity index (χ1) is 10.2. The van der Waals surface area contributed by atoms with E-state index in [2.05, 4.69) is 15.5 Å². The zero-order chi connectivity index (χ0) is 16.5. The molecule has 0 unspecified atom stereocenters. The van der Waals surface area contributed by atoms with Crippen molar-refractivity contribution in [3.8, 4) is 0 Å². The summed E-state index contributed by atoms with van der Waals surface area (Å²) in [7, 11) is 0. The molecule has 2 N–H and O–H groups in total. The van der Waals surface area contributed by atoms with Gasteiger partial charge in [0.05, 0.1) is 22.1 Å². The molecule has 0 aliphatic heterocycles. The van der Waals surface area contributed by atoms with Gasteiger partial charge in [-0.1, -0.05) is 5.16 Å². The largest absolute Gasteiger partial charge is 0.481 e. The molecule has 1 amide bonds. The molecule has 0 bridgehead atoms. The standard InChI is InChI=1S/C15H19N3O4/c1-8-7-10(11-9(2)18-22-13(11)17-8)12(19)16-6-5-15(3,4)14(20)21/h7H,5-6H2,1-4H3,(H,16,19)(H,20,21). The molecule has 118 valence electrons. The SMILES string of the molecule is Cc1cc(C(=O)NCCC(C)(C)C(=O)O)c2c(C)noc2n1. The molecule has 0 spiro atoms. The van der Waals surface area contributed by atoms with Gasteiger partial charge in [-0.05, 0) is 40.2 Å². The summed E-state index contributed by atoms with van der Waals surface area (Å²) in [6.45, 7) is 7.03. The summed E-state index contributed by atoms with van der Waals surface area (Å²) in [5.74, 6) is -1.18. The van der Waals surface area contributed by atoms with E-state index in [-0.39, 0.29) is 12.5 Å². The van der Waals surface area contributed by atoms with Crippen LogP contribution in [0.5, 0.6) is 0 Å². The van der Waals surface area contributed by atoms with Gasteiger partial charge >= 0.3 is 5.97 Å². The van der Waals surface area contributed by atoms with Gasteiger partial charge in [-0.2, -0.15) is 0 Å². The van der Waals surface area contributed by atoms with Crippen molar-refractivity contribution in [2.24, 2.45) is 5.41 Å². The number of aromatic nitrogens is 2. The minimum Gasteiger partial charge on any atom is -0.481 e. The predicted molar refractivity (Wildman–Crippen MR) is 79.6 cm³/mol. The van der Waals surface area contributed by atoms with Crippen LogP contribution in [-0.2, 0) is 4.79 Å². The van der Waals surface area contributed by atoms with Gasteiger partial charge in [0.25, 0.3) is 11.6 Å². The van der Waals surface area contributed by atoms with Crippen LogP contribution in [0.2, 0.25) is 0 Å². The van der Waals surface area contributed by atoms with Crippen LogP contribution in [0.25, 0.3) is 11.1 Å². The van der Waals surface area contributed by atoms with Crippen LogP contribution in [0.1, 0.15) is 42.0 Å². The quantitative estimate of drug-likeness (QED) is 0.876. The molecule has 2 aromatic heterocycles. The van der Waals surface area contributed by atoms with Crippen molar-refractivity contribution in [3.63, 3.8) is 0 Å². The zero-order valence-electron chi connectivity index (χ0n) is 13.1. The van der Waals surface area contributed by atoms with E-state index in [0.717, 1.165) is 0 Å². The lowest BCUT2D eigenvalue weighted by molar-refractivity contribution is -0.147. The first-order valence-electron chi connectivity index (χ1n) is 6.97. The summed E-state index contributed by atoms with van der Waals surface area (Å²) in [5.41, 5.74) is 1.13. The van der Waals surface area contributed by atoms with Gasteiger partial charge in [-0.3, -0.25) is 9.59 Å². The lowest BCUT2D eigenvalue weighted by Gasteiger charge is -2.19. The highest BCUT2D eigenvalue weighted by atomic mass is 16.5. The van der Waals surface area contributed by atoms with E-state index in [4.69, 9.17) is 9.63 Å². The molecule has 0 saturated carbocycles. The van der Waals surface area contributed by atoms with E-state index in [0.29, 0.717) is 34.5 Å². The number of aliphatic carboxylic acids is 1. The summed E-state index contributed by atoms with van der Waals surface area (Å²) >= 11 is 0. The normalized spacial score (nSPS) is 11.6. The number of nitrogens with one attached hydrogen (secondary N) is 1. The number of carboxylic acids is 1. The number of amides is 1. The van der Waals surface area contributed by atoms with E-state index in [1.165, 1.54) is 0 Å². The number of pyridine rings is 1. The number of nitrogens with zero attached hydrogens (tertiary/aromatic N) is 2. The van der Waals surface area contributed by atoms with E-state index in [9.17, 15) is 9.59 Å². The topological polar surface area (TPSA) is 105 Å². The fourth-order valence-electron chi connectivity index (χ4n) is 2.09. The molecular weight excluding hydrogens is 286 g/mol. The molecule has 0 radical (unpaired) electrons. The predicted octanol–water partition coefficient (Wildman–Crippen LogP) is 2.07. The first-order valence-corrected chi connectivity index (χ1v) is 6.97. The number of rotatable bonds is 5. The van der Waals surface area contributed by atoms with Crippen LogP contribution in [0.4, 0.5) is 0 Å². The molecule has 2 rings (SSSR count). The number of hydrogen-bond acceptors (Lipinski definition) is 5. The lowest BCUT2D eigenvalue weighted by atomic mass is 9.89. The molecule has 0 aliphatic carbocycles. The van der Waals surface area contributed by atoms with Crippen molar-refractivity contribution < 1.29 is 19.2 Å². The maximum atomic E-state index is 12.4. The van der Waals surface area contributed by atoms with E-state index < -0.39 is 11.4 Å². The maximum Gasteiger partial charge on any atom is 0.309 e. The number of aryl methyl sites for hydroxylation is 2. The van der Waals surface area contributed by atoms with Crippen LogP contribution in [0.15, 0.2) is 10.6 Å². The Bertz CT molecular complexity index is 734. The summed E-state index contributed by atoms with van der Waals surface area (Å²) in [4.78, 5) is 27.6. The van der Waals surface area contributed by atoms with Crippen LogP contribution >= 0.6 is 0 Å². The number of carbonyl (C=O) groups is 2. The van der Waals surface area contributed by atoms with Crippen molar-refractivity contribution >= 4 is 23.0 Å². The fraction of sp³-hybridized carbons (Fsp3) is 0.467. The monoisotopic (exact) mass is 305 g/mol. The molecular formula is C15H19N3O4. The van der Waals surface area contributed by atoms with Gasteiger partial charge in [-0.25, -0.2) is 4.98 Å². The zero-order valence-corrected chi connectivity index (χ0v) is 13.1. The van der Waals surface area contributed by atoms with Crippen LogP contribution in [0.3, 0.4) is 0 Å². The Kier molecular flexibility index (Phi) is 4.16. The summed E-state index contributed by atoms with van der Waals surface area (Å²) in [6, 6.07) is 1.67. The number of fused-ring (bicyclic) bond motifs is 1.